The lowest BCUT2D eigenvalue weighted by molar-refractivity contribution is 0.299. The second-order valence-corrected chi connectivity index (χ2v) is 5.08. The first kappa shape index (κ1) is 15.7. The number of hydrogen-bond acceptors (Lipinski definition) is 1. The zero-order chi connectivity index (χ0) is 15.1. The Bertz CT molecular complexity index is 674. The average Bonchev–Trinajstić information content (AvgIpc) is 2.48. The third-order valence-corrected chi connectivity index (χ3v) is 3.15. The maximum absolute atomic E-state index is 13.7. The number of hydrogen-bond donors (Lipinski definition) is 0. The van der Waals surface area contributed by atoms with Gasteiger partial charge in [-0.2, -0.15) is 0 Å². The summed E-state index contributed by atoms with van der Waals surface area (Å²) in [5, 5.41) is 0.364. The summed E-state index contributed by atoms with van der Waals surface area (Å²) in [5.41, 5.74) is 1.21. The molecule has 0 aliphatic rings. The molecular formula is C17H13Cl2FO. The summed E-state index contributed by atoms with van der Waals surface area (Å²) in [6.07, 6.45) is 0.613. The molecule has 0 saturated carbocycles. The van der Waals surface area contributed by atoms with Crippen molar-refractivity contribution in [1.29, 1.82) is 0 Å². The molecule has 0 spiro atoms. The van der Waals surface area contributed by atoms with Gasteiger partial charge in [0.05, 0.1) is 5.56 Å². The van der Waals surface area contributed by atoms with Gasteiger partial charge in [0.15, 0.2) is 0 Å². The summed E-state index contributed by atoms with van der Waals surface area (Å²) in [4.78, 5) is 0. The van der Waals surface area contributed by atoms with Crippen molar-refractivity contribution < 1.29 is 9.13 Å². The molecule has 0 aromatic heterocycles. The number of halogens is 3. The minimum Gasteiger partial charge on any atom is -0.487 e. The topological polar surface area (TPSA) is 9.23 Å². The monoisotopic (exact) mass is 322 g/mol. The van der Waals surface area contributed by atoms with Crippen LogP contribution in [0.25, 0.3) is 0 Å². The lowest BCUT2D eigenvalue weighted by atomic mass is 10.2. The van der Waals surface area contributed by atoms with Gasteiger partial charge in [-0.3, -0.25) is 0 Å². The molecule has 2 rings (SSSR count). The Balaban J connectivity index is 2.11. The SMILES string of the molecule is Fc1cc(Cl)ccc1COc1ccccc1C#CCCCl. The third kappa shape index (κ3) is 4.67. The van der Waals surface area contributed by atoms with Crippen LogP contribution >= 0.6 is 23.2 Å². The summed E-state index contributed by atoms with van der Waals surface area (Å²) in [6.45, 7) is 0.122. The minimum absolute atomic E-state index is 0.122. The number of para-hydroxylation sites is 1. The molecule has 0 bridgehead atoms. The Morgan fingerprint density at radius 2 is 1.95 bits per heavy atom. The largest absolute Gasteiger partial charge is 0.487 e. The molecule has 4 heteroatoms. The fraction of sp³-hybridized carbons (Fsp3) is 0.176. The number of rotatable bonds is 4. The van der Waals surface area contributed by atoms with E-state index in [9.17, 15) is 4.39 Å². The minimum atomic E-state index is -0.381. The summed E-state index contributed by atoms with van der Waals surface area (Å²) in [6, 6.07) is 11.9. The van der Waals surface area contributed by atoms with Gasteiger partial charge in [-0.05, 0) is 24.3 Å². The molecule has 0 saturated heterocycles. The Morgan fingerprint density at radius 1 is 1.14 bits per heavy atom. The van der Waals surface area contributed by atoms with Gasteiger partial charge < -0.3 is 4.74 Å². The van der Waals surface area contributed by atoms with Crippen LogP contribution in [0.15, 0.2) is 42.5 Å². The van der Waals surface area contributed by atoms with E-state index in [1.165, 1.54) is 6.07 Å². The maximum atomic E-state index is 13.7. The summed E-state index contributed by atoms with van der Waals surface area (Å²) >= 11 is 11.3. The van der Waals surface area contributed by atoms with Crippen LogP contribution in [0, 0.1) is 17.7 Å². The van der Waals surface area contributed by atoms with E-state index in [0.29, 0.717) is 28.6 Å². The highest BCUT2D eigenvalue weighted by molar-refractivity contribution is 6.30. The van der Waals surface area contributed by atoms with Gasteiger partial charge in [0.1, 0.15) is 18.2 Å². The molecule has 0 atom stereocenters. The lowest BCUT2D eigenvalue weighted by Crippen LogP contribution is -1.99. The van der Waals surface area contributed by atoms with Crippen LogP contribution in [0.5, 0.6) is 5.75 Å². The van der Waals surface area contributed by atoms with Gasteiger partial charge in [0, 0.05) is 22.9 Å². The van der Waals surface area contributed by atoms with E-state index in [0.717, 1.165) is 5.56 Å². The first-order valence-corrected chi connectivity index (χ1v) is 7.32. The fourth-order valence-corrected chi connectivity index (χ4v) is 1.95. The smallest absolute Gasteiger partial charge is 0.135 e. The van der Waals surface area contributed by atoms with Gasteiger partial charge in [-0.1, -0.05) is 41.6 Å². The number of alkyl halides is 1. The van der Waals surface area contributed by atoms with Gasteiger partial charge in [0.25, 0.3) is 0 Å². The highest BCUT2D eigenvalue weighted by atomic mass is 35.5. The van der Waals surface area contributed by atoms with Crippen molar-refractivity contribution in [3.05, 3.63) is 64.4 Å². The van der Waals surface area contributed by atoms with Crippen molar-refractivity contribution in [2.75, 3.05) is 5.88 Å². The van der Waals surface area contributed by atoms with E-state index in [-0.39, 0.29) is 12.4 Å². The van der Waals surface area contributed by atoms with E-state index in [1.807, 2.05) is 18.2 Å². The Morgan fingerprint density at radius 3 is 2.71 bits per heavy atom. The van der Waals surface area contributed by atoms with Crippen molar-refractivity contribution in [2.24, 2.45) is 0 Å². The molecule has 0 aliphatic carbocycles. The standard InChI is InChI=1S/C17H13Cl2FO/c18-10-4-3-6-13-5-1-2-7-17(13)21-12-14-8-9-15(19)11-16(14)20/h1-2,5,7-9,11H,4,10,12H2. The molecule has 2 aromatic carbocycles. The molecule has 0 radical (unpaired) electrons. The summed E-state index contributed by atoms with van der Waals surface area (Å²) in [5.74, 6) is 6.69. The highest BCUT2D eigenvalue weighted by Crippen LogP contribution is 2.20. The Labute approximate surface area is 133 Å². The number of benzene rings is 2. The molecule has 21 heavy (non-hydrogen) atoms. The van der Waals surface area contributed by atoms with Crippen LogP contribution in [0.1, 0.15) is 17.5 Å². The van der Waals surface area contributed by atoms with Crippen molar-refractivity contribution in [3.63, 3.8) is 0 Å². The molecule has 0 aliphatic heterocycles. The van der Waals surface area contributed by atoms with E-state index >= 15 is 0 Å². The van der Waals surface area contributed by atoms with Crippen LogP contribution < -0.4 is 4.74 Å². The van der Waals surface area contributed by atoms with Gasteiger partial charge in [-0.15, -0.1) is 11.6 Å². The van der Waals surface area contributed by atoms with Crippen LogP contribution in [-0.2, 0) is 6.61 Å². The van der Waals surface area contributed by atoms with Crippen LogP contribution in [0.2, 0.25) is 5.02 Å². The average molecular weight is 323 g/mol. The first-order chi connectivity index (χ1) is 10.2. The first-order valence-electron chi connectivity index (χ1n) is 6.41. The molecule has 0 unspecified atom stereocenters. The van der Waals surface area contributed by atoms with E-state index in [1.54, 1.807) is 18.2 Å². The van der Waals surface area contributed by atoms with Gasteiger partial charge in [0.2, 0.25) is 0 Å². The highest BCUT2D eigenvalue weighted by Gasteiger charge is 2.05. The maximum Gasteiger partial charge on any atom is 0.135 e. The third-order valence-electron chi connectivity index (χ3n) is 2.73. The molecule has 0 heterocycles. The van der Waals surface area contributed by atoms with Gasteiger partial charge in [-0.25, -0.2) is 4.39 Å². The number of ether oxygens (including phenoxy) is 1. The molecular weight excluding hydrogens is 310 g/mol. The predicted octanol–water partition coefficient (Wildman–Crippen LogP) is 5.04. The molecule has 0 N–H and O–H groups in total. The lowest BCUT2D eigenvalue weighted by Gasteiger charge is -2.09. The normalized spacial score (nSPS) is 9.86. The Kier molecular flexibility index (Phi) is 5.92. The van der Waals surface area contributed by atoms with Gasteiger partial charge >= 0.3 is 0 Å². The second kappa shape index (κ2) is 7.93. The van der Waals surface area contributed by atoms with E-state index in [4.69, 9.17) is 27.9 Å². The summed E-state index contributed by atoms with van der Waals surface area (Å²) in [7, 11) is 0. The predicted molar refractivity (Wildman–Crippen MR) is 84.4 cm³/mol. The molecule has 0 fully saturated rings. The van der Waals surface area contributed by atoms with Crippen LogP contribution in [0.3, 0.4) is 0 Å². The molecule has 0 amide bonds. The zero-order valence-corrected chi connectivity index (χ0v) is 12.7. The molecule has 1 nitrogen and oxygen atoms in total. The quantitative estimate of drug-likeness (QED) is 0.566. The van der Waals surface area contributed by atoms with E-state index in [2.05, 4.69) is 11.8 Å². The Hall–Kier alpha value is -1.69. The zero-order valence-electron chi connectivity index (χ0n) is 11.2. The molecule has 2 aromatic rings. The van der Waals surface area contributed by atoms with Crippen molar-refractivity contribution in [1.82, 2.24) is 0 Å². The van der Waals surface area contributed by atoms with E-state index < -0.39 is 0 Å². The molecule has 108 valence electrons. The fourth-order valence-electron chi connectivity index (χ4n) is 1.69. The van der Waals surface area contributed by atoms with Crippen molar-refractivity contribution in [2.45, 2.75) is 13.0 Å². The second-order valence-electron chi connectivity index (χ2n) is 4.26. The summed E-state index contributed by atoms with van der Waals surface area (Å²) < 4.78 is 19.4. The van der Waals surface area contributed by atoms with Crippen molar-refractivity contribution in [3.8, 4) is 17.6 Å². The van der Waals surface area contributed by atoms with Crippen LogP contribution in [0.4, 0.5) is 4.39 Å². The van der Waals surface area contributed by atoms with Crippen molar-refractivity contribution >= 4 is 23.2 Å². The van der Waals surface area contributed by atoms with Crippen LogP contribution in [-0.4, -0.2) is 5.88 Å².